The maximum atomic E-state index is 10.1. The summed E-state index contributed by atoms with van der Waals surface area (Å²) in [6.45, 7) is 5.04. The third-order valence-electron chi connectivity index (χ3n) is 8.54. The zero-order valence-electron chi connectivity index (χ0n) is 14.7. The van der Waals surface area contributed by atoms with Crippen molar-refractivity contribution in [1.29, 1.82) is 5.26 Å². The molecule has 4 rings (SSSR count). The van der Waals surface area contributed by atoms with Crippen LogP contribution in [0.4, 0.5) is 0 Å². The smallest absolute Gasteiger partial charge is 0.0911 e. The fraction of sp³-hybridized carbons (Fsp3) is 0.857. The lowest BCUT2D eigenvalue weighted by Gasteiger charge is -2.60. The van der Waals surface area contributed by atoms with E-state index in [1.165, 1.54) is 44.1 Å². The zero-order valence-corrected chi connectivity index (χ0v) is 14.7. The second kappa shape index (κ2) is 5.35. The van der Waals surface area contributed by atoms with Crippen molar-refractivity contribution >= 4 is 0 Å². The molecule has 0 unspecified atom stereocenters. The summed E-state index contributed by atoms with van der Waals surface area (Å²) in [6.07, 6.45) is 12.8. The van der Waals surface area contributed by atoms with Gasteiger partial charge in [0.1, 0.15) is 0 Å². The number of aliphatic hydroxyl groups excluding tert-OH is 1. The molecule has 4 saturated carbocycles. The Morgan fingerprint density at radius 1 is 1.13 bits per heavy atom. The van der Waals surface area contributed by atoms with E-state index < -0.39 is 0 Å². The fourth-order valence-electron chi connectivity index (χ4n) is 7.32. The minimum atomic E-state index is -0.0462. The Balaban J connectivity index is 1.62. The van der Waals surface area contributed by atoms with Crippen molar-refractivity contribution < 1.29 is 5.11 Å². The summed E-state index contributed by atoms with van der Waals surface area (Å²) in [5, 5.41) is 19.2. The maximum absolute atomic E-state index is 10.1. The molecule has 0 aromatic rings. The lowest BCUT2D eigenvalue weighted by atomic mass is 9.45. The summed E-state index contributed by atoms with van der Waals surface area (Å²) in [7, 11) is 0. The molecule has 0 aromatic heterocycles. The first-order valence-corrected chi connectivity index (χ1v) is 9.72. The first-order valence-electron chi connectivity index (χ1n) is 9.72. The molecule has 2 heteroatoms. The molecule has 0 heterocycles. The molecule has 0 aromatic carbocycles. The van der Waals surface area contributed by atoms with Crippen molar-refractivity contribution in [3.8, 4) is 6.07 Å². The van der Waals surface area contributed by atoms with Crippen LogP contribution in [0.1, 0.15) is 71.6 Å². The highest BCUT2D eigenvalue weighted by Gasteiger charge is 2.58. The molecule has 4 aliphatic rings. The van der Waals surface area contributed by atoms with Gasteiger partial charge in [-0.3, -0.25) is 0 Å². The summed E-state index contributed by atoms with van der Waals surface area (Å²) in [6, 6.07) is 2.28. The summed E-state index contributed by atoms with van der Waals surface area (Å²) in [4.78, 5) is 0. The van der Waals surface area contributed by atoms with Crippen molar-refractivity contribution in [2.75, 3.05) is 0 Å². The van der Waals surface area contributed by atoms with Crippen molar-refractivity contribution in [2.45, 2.75) is 77.7 Å². The van der Waals surface area contributed by atoms with Gasteiger partial charge < -0.3 is 5.11 Å². The molecule has 23 heavy (non-hydrogen) atoms. The van der Waals surface area contributed by atoms with Crippen LogP contribution in [0.2, 0.25) is 0 Å². The number of hydrogen-bond acceptors (Lipinski definition) is 2. The second-order valence-electron chi connectivity index (χ2n) is 9.59. The van der Waals surface area contributed by atoms with Gasteiger partial charge in [-0.2, -0.15) is 5.26 Å². The fourth-order valence-corrected chi connectivity index (χ4v) is 7.32. The van der Waals surface area contributed by atoms with E-state index in [0.29, 0.717) is 10.8 Å². The maximum Gasteiger partial charge on any atom is 0.0911 e. The van der Waals surface area contributed by atoms with Crippen molar-refractivity contribution in [3.63, 3.8) is 0 Å². The molecule has 0 radical (unpaired) electrons. The van der Waals surface area contributed by atoms with E-state index in [4.69, 9.17) is 5.26 Å². The number of allylic oxidation sites excluding steroid dienone is 2. The van der Waals surface area contributed by atoms with Gasteiger partial charge in [0.05, 0.1) is 12.2 Å². The van der Waals surface area contributed by atoms with Crippen molar-refractivity contribution in [1.82, 2.24) is 0 Å². The first kappa shape index (κ1) is 15.7. The van der Waals surface area contributed by atoms with Gasteiger partial charge in [0.2, 0.25) is 0 Å². The van der Waals surface area contributed by atoms with Crippen LogP contribution in [-0.4, -0.2) is 11.2 Å². The van der Waals surface area contributed by atoms with Crippen LogP contribution in [0.15, 0.2) is 11.6 Å². The molecule has 7 atom stereocenters. The normalized spacial score (nSPS) is 54.0. The average Bonchev–Trinajstić information content (AvgIpc) is 2.84. The number of nitrogens with zero attached hydrogens (tertiary/aromatic N) is 1. The van der Waals surface area contributed by atoms with Gasteiger partial charge in [-0.05, 0) is 92.3 Å². The molecule has 0 spiro atoms. The van der Waals surface area contributed by atoms with Gasteiger partial charge in [0.25, 0.3) is 0 Å². The second-order valence-corrected chi connectivity index (χ2v) is 9.59. The molecule has 0 amide bonds. The predicted octanol–water partition coefficient (Wildman–Crippen LogP) is 4.84. The van der Waals surface area contributed by atoms with Crippen LogP contribution >= 0.6 is 0 Å². The van der Waals surface area contributed by atoms with E-state index in [9.17, 15) is 5.11 Å². The SMILES string of the molecule is C[C@@]12CC[C@@H]3[C@H](CC[C@@H]4C[C@@H](O)CC[C@]43C)[C@H]1CC(=CC#N)C2. The Morgan fingerprint density at radius 3 is 2.74 bits per heavy atom. The highest BCUT2D eigenvalue weighted by Crippen LogP contribution is 2.66. The minimum Gasteiger partial charge on any atom is -0.393 e. The van der Waals surface area contributed by atoms with E-state index in [-0.39, 0.29) is 6.10 Å². The molecule has 0 saturated heterocycles. The highest BCUT2D eigenvalue weighted by atomic mass is 16.3. The molecule has 126 valence electrons. The number of nitriles is 1. The molecular weight excluding hydrogens is 282 g/mol. The van der Waals surface area contributed by atoms with E-state index in [1.54, 1.807) is 0 Å². The number of aliphatic hydroxyl groups is 1. The number of hydrogen-bond donors (Lipinski definition) is 1. The lowest BCUT2D eigenvalue weighted by molar-refractivity contribution is -0.120. The summed E-state index contributed by atoms with van der Waals surface area (Å²) in [5.74, 6) is 3.25. The highest BCUT2D eigenvalue weighted by molar-refractivity contribution is 5.23. The van der Waals surface area contributed by atoms with Crippen molar-refractivity contribution in [2.24, 2.45) is 34.5 Å². The van der Waals surface area contributed by atoms with Gasteiger partial charge in [0.15, 0.2) is 0 Å². The summed E-state index contributed by atoms with van der Waals surface area (Å²) >= 11 is 0. The van der Waals surface area contributed by atoms with E-state index in [2.05, 4.69) is 19.9 Å². The average molecular weight is 313 g/mol. The summed E-state index contributed by atoms with van der Waals surface area (Å²) < 4.78 is 0. The Morgan fingerprint density at radius 2 is 1.96 bits per heavy atom. The van der Waals surface area contributed by atoms with Gasteiger partial charge in [0, 0.05) is 6.08 Å². The third kappa shape index (κ3) is 2.30. The third-order valence-corrected chi connectivity index (χ3v) is 8.54. The van der Waals surface area contributed by atoms with Gasteiger partial charge in [-0.15, -0.1) is 0 Å². The quantitative estimate of drug-likeness (QED) is 0.650. The molecule has 2 nitrogen and oxygen atoms in total. The largest absolute Gasteiger partial charge is 0.393 e. The van der Waals surface area contributed by atoms with Gasteiger partial charge in [-0.25, -0.2) is 0 Å². The Hall–Kier alpha value is -0.810. The lowest BCUT2D eigenvalue weighted by Crippen LogP contribution is -2.53. The van der Waals surface area contributed by atoms with Crippen LogP contribution < -0.4 is 0 Å². The molecular formula is C21H31NO. The predicted molar refractivity (Wildman–Crippen MR) is 91.4 cm³/mol. The Labute approximate surface area is 141 Å². The number of fused-ring (bicyclic) bond motifs is 5. The van der Waals surface area contributed by atoms with E-state index in [1.807, 2.05) is 6.08 Å². The van der Waals surface area contributed by atoms with Crippen LogP contribution in [0.5, 0.6) is 0 Å². The number of rotatable bonds is 0. The van der Waals surface area contributed by atoms with Crippen LogP contribution in [0.25, 0.3) is 0 Å². The first-order chi connectivity index (χ1) is 11.0. The minimum absolute atomic E-state index is 0.0462. The monoisotopic (exact) mass is 313 g/mol. The van der Waals surface area contributed by atoms with Crippen LogP contribution in [0.3, 0.4) is 0 Å². The van der Waals surface area contributed by atoms with Gasteiger partial charge in [-0.1, -0.05) is 19.4 Å². The molecule has 0 aliphatic heterocycles. The van der Waals surface area contributed by atoms with E-state index in [0.717, 1.165) is 42.9 Å². The van der Waals surface area contributed by atoms with Gasteiger partial charge >= 0.3 is 0 Å². The summed E-state index contributed by atoms with van der Waals surface area (Å²) in [5.41, 5.74) is 2.32. The Bertz CT molecular complexity index is 561. The molecule has 0 bridgehead atoms. The Kier molecular flexibility index (Phi) is 3.65. The molecule has 1 N–H and O–H groups in total. The van der Waals surface area contributed by atoms with Crippen molar-refractivity contribution in [3.05, 3.63) is 11.6 Å². The van der Waals surface area contributed by atoms with Crippen LogP contribution in [-0.2, 0) is 0 Å². The van der Waals surface area contributed by atoms with E-state index >= 15 is 0 Å². The van der Waals surface area contributed by atoms with Crippen LogP contribution in [0, 0.1) is 45.8 Å². The zero-order chi connectivity index (χ0) is 16.2. The molecule has 4 fully saturated rings. The molecule has 4 aliphatic carbocycles. The topological polar surface area (TPSA) is 44.0 Å². The standard InChI is InChI=1S/C21H31NO/c1-20-8-6-18-17(19(20)11-14(13-20)7-10-22)4-3-15-12-16(23)5-9-21(15,18)2/h7,15-19,23H,3-6,8-9,11-13H2,1-2H3/t15-,16+,17+,18-,19-,20+,21-/m1/s1.